The van der Waals surface area contributed by atoms with Crippen molar-refractivity contribution in [3.8, 4) is 5.75 Å². The van der Waals surface area contributed by atoms with Crippen LogP contribution in [0.3, 0.4) is 0 Å². The first-order chi connectivity index (χ1) is 11.9. The maximum Gasteiger partial charge on any atom is 0.573 e. The summed E-state index contributed by atoms with van der Waals surface area (Å²) in [5, 5.41) is 9.11. The highest BCUT2D eigenvalue weighted by Crippen LogP contribution is 2.25. The van der Waals surface area contributed by atoms with Crippen molar-refractivity contribution in [1.82, 2.24) is 16.0 Å². The summed E-state index contributed by atoms with van der Waals surface area (Å²) in [5.41, 5.74) is 5.58. The summed E-state index contributed by atoms with van der Waals surface area (Å²) in [5.74, 6) is -0.488. The van der Waals surface area contributed by atoms with E-state index in [0.717, 1.165) is 24.3 Å². The SMILES string of the molecule is NC1CC(C(F)(F)F)NC(NC(=O)Nc2ccc(OC(F)(F)F)cc2)N1. The van der Waals surface area contributed by atoms with Gasteiger partial charge in [-0.1, -0.05) is 0 Å². The van der Waals surface area contributed by atoms with Gasteiger partial charge in [0.25, 0.3) is 0 Å². The second kappa shape index (κ2) is 7.55. The number of nitrogens with two attached hydrogens (primary N) is 1. The van der Waals surface area contributed by atoms with Crippen LogP contribution in [0.4, 0.5) is 36.8 Å². The molecule has 0 bridgehead atoms. The molecule has 1 saturated heterocycles. The van der Waals surface area contributed by atoms with E-state index in [1.807, 2.05) is 0 Å². The molecule has 1 heterocycles. The number of anilines is 1. The van der Waals surface area contributed by atoms with Gasteiger partial charge < -0.3 is 21.1 Å². The molecule has 13 heteroatoms. The highest BCUT2D eigenvalue weighted by molar-refractivity contribution is 5.89. The third-order valence-electron chi connectivity index (χ3n) is 3.25. The van der Waals surface area contributed by atoms with E-state index < -0.39 is 49.2 Å². The zero-order valence-corrected chi connectivity index (χ0v) is 12.9. The van der Waals surface area contributed by atoms with Gasteiger partial charge in [0.05, 0.1) is 6.17 Å². The Morgan fingerprint density at radius 1 is 1.12 bits per heavy atom. The summed E-state index contributed by atoms with van der Waals surface area (Å²) in [6, 6.07) is 1.41. The smallest absolute Gasteiger partial charge is 0.406 e. The molecule has 2 rings (SSSR count). The fourth-order valence-electron chi connectivity index (χ4n) is 2.20. The van der Waals surface area contributed by atoms with Crippen molar-refractivity contribution < 1.29 is 35.9 Å². The van der Waals surface area contributed by atoms with Gasteiger partial charge in [-0.25, -0.2) is 4.79 Å². The monoisotopic (exact) mass is 387 g/mol. The molecule has 1 fully saturated rings. The van der Waals surface area contributed by atoms with E-state index in [1.165, 1.54) is 0 Å². The molecular weight excluding hydrogens is 372 g/mol. The number of alkyl halides is 6. The van der Waals surface area contributed by atoms with Crippen molar-refractivity contribution >= 4 is 11.7 Å². The van der Waals surface area contributed by atoms with E-state index in [1.54, 1.807) is 0 Å². The van der Waals surface area contributed by atoms with Gasteiger partial charge in [0, 0.05) is 5.69 Å². The van der Waals surface area contributed by atoms with E-state index in [9.17, 15) is 31.1 Å². The summed E-state index contributed by atoms with van der Waals surface area (Å²) in [6.45, 7) is 0. The van der Waals surface area contributed by atoms with Crippen LogP contribution in [0.15, 0.2) is 24.3 Å². The lowest BCUT2D eigenvalue weighted by molar-refractivity contribution is -0.274. The zero-order chi connectivity index (χ0) is 19.5. The van der Waals surface area contributed by atoms with Gasteiger partial charge in [-0.15, -0.1) is 13.2 Å². The quantitative estimate of drug-likeness (QED) is 0.510. The number of ether oxygens (including phenoxy) is 1. The molecule has 0 spiro atoms. The maximum absolute atomic E-state index is 12.8. The average molecular weight is 387 g/mol. The predicted octanol–water partition coefficient (Wildman–Crippen LogP) is 1.79. The lowest BCUT2D eigenvalue weighted by atomic mass is 10.1. The molecule has 146 valence electrons. The summed E-state index contributed by atoms with van der Waals surface area (Å²) < 4.78 is 78.1. The highest BCUT2D eigenvalue weighted by atomic mass is 19.4. The third-order valence-corrected chi connectivity index (χ3v) is 3.25. The van der Waals surface area contributed by atoms with Crippen LogP contribution in [0, 0.1) is 0 Å². The first-order valence-electron chi connectivity index (χ1n) is 7.20. The maximum atomic E-state index is 12.8. The van der Waals surface area contributed by atoms with E-state index in [-0.39, 0.29) is 5.69 Å². The second-order valence-electron chi connectivity index (χ2n) is 5.37. The number of carbonyl (C=O) groups excluding carboxylic acids is 1. The Hall–Kier alpha value is -2.25. The molecule has 0 aromatic heterocycles. The number of halogens is 6. The fourth-order valence-corrected chi connectivity index (χ4v) is 2.20. The predicted molar refractivity (Wildman–Crippen MR) is 77.8 cm³/mol. The van der Waals surface area contributed by atoms with Gasteiger partial charge in [0.1, 0.15) is 18.1 Å². The molecule has 3 atom stereocenters. The molecule has 0 saturated carbocycles. The first kappa shape index (κ1) is 20.1. The van der Waals surface area contributed by atoms with Crippen LogP contribution in [-0.4, -0.2) is 37.1 Å². The molecule has 6 N–H and O–H groups in total. The van der Waals surface area contributed by atoms with E-state index in [2.05, 4.69) is 26.0 Å². The Labute approximate surface area is 143 Å². The number of urea groups is 1. The fraction of sp³-hybridized carbons (Fsp3) is 0.462. The first-order valence-corrected chi connectivity index (χ1v) is 7.20. The van der Waals surface area contributed by atoms with Crippen molar-refractivity contribution in [3.05, 3.63) is 24.3 Å². The van der Waals surface area contributed by atoms with Gasteiger partial charge >= 0.3 is 18.6 Å². The average Bonchev–Trinajstić information content (AvgIpc) is 2.46. The molecular formula is C13H15F6N5O2. The molecule has 1 aromatic rings. The lowest BCUT2D eigenvalue weighted by Crippen LogP contribution is -2.69. The van der Waals surface area contributed by atoms with E-state index in [0.29, 0.717) is 0 Å². The molecule has 2 amide bonds. The number of hydrogen-bond donors (Lipinski definition) is 5. The summed E-state index contributed by atoms with van der Waals surface area (Å²) in [4.78, 5) is 11.8. The van der Waals surface area contributed by atoms with Gasteiger partial charge in [-0.2, -0.15) is 13.2 Å². The van der Waals surface area contributed by atoms with Crippen LogP contribution < -0.4 is 31.7 Å². The summed E-state index contributed by atoms with van der Waals surface area (Å²) in [6.07, 6.45) is -12.0. The molecule has 7 nitrogen and oxygen atoms in total. The normalized spacial score (nSPS) is 24.0. The third kappa shape index (κ3) is 6.24. The number of carbonyl (C=O) groups is 1. The lowest BCUT2D eigenvalue weighted by Gasteiger charge is -2.36. The second-order valence-corrected chi connectivity index (χ2v) is 5.37. The van der Waals surface area contributed by atoms with Crippen molar-refractivity contribution in [2.24, 2.45) is 5.73 Å². The van der Waals surface area contributed by atoms with Crippen molar-refractivity contribution in [2.75, 3.05) is 5.32 Å². The van der Waals surface area contributed by atoms with Crippen molar-refractivity contribution in [3.63, 3.8) is 0 Å². The minimum absolute atomic E-state index is 0.101. The molecule has 1 aliphatic heterocycles. The Kier molecular flexibility index (Phi) is 5.83. The molecule has 0 radical (unpaired) electrons. The van der Waals surface area contributed by atoms with Crippen LogP contribution in [0.25, 0.3) is 0 Å². The number of benzene rings is 1. The van der Waals surface area contributed by atoms with Gasteiger partial charge in [-0.05, 0) is 30.7 Å². The Morgan fingerprint density at radius 3 is 2.27 bits per heavy atom. The van der Waals surface area contributed by atoms with Crippen LogP contribution >= 0.6 is 0 Å². The zero-order valence-electron chi connectivity index (χ0n) is 12.9. The summed E-state index contributed by atoms with van der Waals surface area (Å²) in [7, 11) is 0. The number of nitrogens with one attached hydrogen (secondary N) is 4. The standard InChI is InChI=1S/C13H15F6N5O2/c14-12(15,16)8-5-9(20)23-10(22-8)24-11(25)21-6-1-3-7(4-2-6)26-13(17,18)19/h1-4,8-10,22-23H,5,20H2,(H2,21,24,25). The minimum atomic E-state index is -4.85. The van der Waals surface area contributed by atoms with Crippen molar-refractivity contribution in [1.29, 1.82) is 0 Å². The molecule has 0 aliphatic carbocycles. The van der Waals surface area contributed by atoms with Gasteiger partial charge in [0.2, 0.25) is 0 Å². The van der Waals surface area contributed by atoms with Crippen LogP contribution in [-0.2, 0) is 0 Å². The molecule has 26 heavy (non-hydrogen) atoms. The Balaban J connectivity index is 1.90. The van der Waals surface area contributed by atoms with E-state index in [4.69, 9.17) is 5.73 Å². The molecule has 1 aromatic carbocycles. The minimum Gasteiger partial charge on any atom is -0.406 e. The van der Waals surface area contributed by atoms with Crippen LogP contribution in [0.2, 0.25) is 0 Å². The largest absolute Gasteiger partial charge is 0.573 e. The van der Waals surface area contributed by atoms with Gasteiger partial charge in [0.15, 0.2) is 0 Å². The summed E-state index contributed by atoms with van der Waals surface area (Å²) >= 11 is 0. The van der Waals surface area contributed by atoms with Gasteiger partial charge in [-0.3, -0.25) is 10.6 Å². The number of rotatable bonds is 3. The Morgan fingerprint density at radius 2 is 1.73 bits per heavy atom. The van der Waals surface area contributed by atoms with Crippen molar-refractivity contribution in [2.45, 2.75) is 37.5 Å². The highest BCUT2D eigenvalue weighted by Gasteiger charge is 2.44. The number of amides is 2. The molecule has 1 aliphatic rings. The number of hydrogen-bond acceptors (Lipinski definition) is 5. The topological polar surface area (TPSA) is 100 Å². The molecule has 3 unspecified atom stereocenters. The van der Waals surface area contributed by atoms with Crippen LogP contribution in [0.1, 0.15) is 6.42 Å². The van der Waals surface area contributed by atoms with Crippen LogP contribution in [0.5, 0.6) is 5.75 Å². The Bertz CT molecular complexity index is 621. The van der Waals surface area contributed by atoms with E-state index >= 15 is 0 Å².